The van der Waals surface area contributed by atoms with Crippen molar-refractivity contribution in [1.29, 1.82) is 0 Å². The molecule has 0 saturated carbocycles. The zero-order valence-electron chi connectivity index (χ0n) is 13.5. The molecule has 23 heavy (non-hydrogen) atoms. The van der Waals surface area contributed by atoms with E-state index >= 15 is 0 Å². The molecular formula is C16H19N5O2. The van der Waals surface area contributed by atoms with Crippen molar-refractivity contribution in [3.05, 3.63) is 51.3 Å². The standard InChI is InChI=1S/C16H19N5O2/c1-10-6-11(2)18-14(7-10)19-16(23)21-5-4-12-13(8-21)17-9-20(3)15(12)22/h6-7,9H,4-5,8H2,1-3H3,(H,18,19,23). The third-order valence-corrected chi connectivity index (χ3v) is 3.91. The van der Waals surface area contributed by atoms with Crippen molar-refractivity contribution >= 4 is 11.8 Å². The SMILES string of the molecule is Cc1cc(C)nc(NC(=O)N2CCc3c(ncn(C)c3=O)C2)c1. The minimum atomic E-state index is -0.226. The first-order valence-corrected chi connectivity index (χ1v) is 7.48. The minimum Gasteiger partial charge on any atom is -0.318 e. The molecule has 2 amide bonds. The number of fused-ring (bicyclic) bond motifs is 1. The van der Waals surface area contributed by atoms with E-state index < -0.39 is 0 Å². The summed E-state index contributed by atoms with van der Waals surface area (Å²) in [5, 5.41) is 2.81. The first kappa shape index (κ1) is 15.2. The van der Waals surface area contributed by atoms with Gasteiger partial charge in [0.05, 0.1) is 18.6 Å². The van der Waals surface area contributed by atoms with Crippen molar-refractivity contribution in [2.45, 2.75) is 26.8 Å². The van der Waals surface area contributed by atoms with Gasteiger partial charge in [-0.3, -0.25) is 10.1 Å². The van der Waals surface area contributed by atoms with Gasteiger partial charge in [-0.25, -0.2) is 14.8 Å². The van der Waals surface area contributed by atoms with Crippen LogP contribution < -0.4 is 10.9 Å². The Morgan fingerprint density at radius 2 is 2.09 bits per heavy atom. The fourth-order valence-corrected chi connectivity index (χ4v) is 2.78. The summed E-state index contributed by atoms with van der Waals surface area (Å²) in [7, 11) is 1.68. The van der Waals surface area contributed by atoms with Crippen LogP contribution in [0.3, 0.4) is 0 Å². The number of hydrogen-bond acceptors (Lipinski definition) is 4. The first-order chi connectivity index (χ1) is 10.9. The van der Waals surface area contributed by atoms with E-state index in [9.17, 15) is 9.59 Å². The topological polar surface area (TPSA) is 80.1 Å². The lowest BCUT2D eigenvalue weighted by Crippen LogP contribution is -2.42. The number of rotatable bonds is 1. The van der Waals surface area contributed by atoms with Gasteiger partial charge in [0.2, 0.25) is 0 Å². The quantitative estimate of drug-likeness (QED) is 0.862. The molecule has 2 aromatic rings. The van der Waals surface area contributed by atoms with Crippen molar-refractivity contribution in [2.75, 3.05) is 11.9 Å². The third kappa shape index (κ3) is 3.08. The van der Waals surface area contributed by atoms with Crippen molar-refractivity contribution in [1.82, 2.24) is 19.4 Å². The Hall–Kier alpha value is -2.70. The smallest absolute Gasteiger partial charge is 0.318 e. The van der Waals surface area contributed by atoms with E-state index in [-0.39, 0.29) is 11.6 Å². The second-order valence-electron chi connectivity index (χ2n) is 5.86. The zero-order valence-corrected chi connectivity index (χ0v) is 13.5. The van der Waals surface area contributed by atoms with Gasteiger partial charge in [-0.1, -0.05) is 0 Å². The molecule has 1 aliphatic rings. The number of hydrogen-bond donors (Lipinski definition) is 1. The normalized spacial score (nSPS) is 13.6. The molecule has 3 heterocycles. The lowest BCUT2D eigenvalue weighted by molar-refractivity contribution is 0.205. The van der Waals surface area contributed by atoms with E-state index in [1.165, 1.54) is 10.9 Å². The molecule has 3 rings (SSSR count). The second-order valence-corrected chi connectivity index (χ2v) is 5.86. The van der Waals surface area contributed by atoms with Gasteiger partial charge in [0.25, 0.3) is 5.56 Å². The average Bonchev–Trinajstić information content (AvgIpc) is 2.49. The van der Waals surface area contributed by atoms with Crippen molar-refractivity contribution < 1.29 is 4.79 Å². The number of urea groups is 1. The van der Waals surface area contributed by atoms with Crippen LogP contribution in [0.15, 0.2) is 23.3 Å². The van der Waals surface area contributed by atoms with Gasteiger partial charge in [0.1, 0.15) is 5.82 Å². The van der Waals surface area contributed by atoms with Crippen LogP contribution in [0, 0.1) is 13.8 Å². The highest BCUT2D eigenvalue weighted by Crippen LogP contribution is 2.15. The van der Waals surface area contributed by atoms with Gasteiger partial charge in [0.15, 0.2) is 0 Å². The molecule has 0 atom stereocenters. The first-order valence-electron chi connectivity index (χ1n) is 7.48. The molecule has 0 fully saturated rings. The molecule has 1 N–H and O–H groups in total. The minimum absolute atomic E-state index is 0.0361. The van der Waals surface area contributed by atoms with Crippen LogP contribution in [0.25, 0.3) is 0 Å². The van der Waals surface area contributed by atoms with Crippen LogP contribution in [0.2, 0.25) is 0 Å². The highest BCUT2D eigenvalue weighted by Gasteiger charge is 2.24. The monoisotopic (exact) mass is 313 g/mol. The summed E-state index contributed by atoms with van der Waals surface area (Å²) in [5.41, 5.74) is 3.23. The Balaban J connectivity index is 1.77. The maximum Gasteiger partial charge on any atom is 0.323 e. The molecule has 0 unspecified atom stereocenters. The number of carbonyl (C=O) groups excluding carboxylic acids is 1. The Morgan fingerprint density at radius 1 is 1.30 bits per heavy atom. The van der Waals surface area contributed by atoms with Crippen molar-refractivity contribution in [3.8, 4) is 0 Å². The number of aromatic nitrogens is 3. The van der Waals surface area contributed by atoms with E-state index in [2.05, 4.69) is 15.3 Å². The van der Waals surface area contributed by atoms with Crippen LogP contribution >= 0.6 is 0 Å². The van der Waals surface area contributed by atoms with Gasteiger partial charge < -0.3 is 9.47 Å². The molecule has 0 aromatic carbocycles. The van der Waals surface area contributed by atoms with E-state index in [0.29, 0.717) is 36.6 Å². The largest absolute Gasteiger partial charge is 0.323 e. The predicted octanol–water partition coefficient (Wildman–Crippen LogP) is 1.38. The van der Waals surface area contributed by atoms with E-state index in [1.54, 1.807) is 11.9 Å². The van der Waals surface area contributed by atoms with Crippen LogP contribution in [0.4, 0.5) is 10.6 Å². The maximum atomic E-state index is 12.4. The van der Waals surface area contributed by atoms with Gasteiger partial charge in [-0.05, 0) is 38.0 Å². The number of pyridine rings is 1. The fraction of sp³-hybridized carbons (Fsp3) is 0.375. The zero-order chi connectivity index (χ0) is 16.6. The summed E-state index contributed by atoms with van der Waals surface area (Å²) in [6, 6.07) is 3.55. The summed E-state index contributed by atoms with van der Waals surface area (Å²) in [6.07, 6.45) is 2.01. The Kier molecular flexibility index (Phi) is 3.85. The molecule has 0 bridgehead atoms. The second kappa shape index (κ2) is 5.83. The van der Waals surface area contributed by atoms with Crippen molar-refractivity contribution in [3.63, 3.8) is 0 Å². The predicted molar refractivity (Wildman–Crippen MR) is 86.3 cm³/mol. The van der Waals surface area contributed by atoms with Crippen LogP contribution in [0.1, 0.15) is 22.5 Å². The fourth-order valence-electron chi connectivity index (χ4n) is 2.78. The molecule has 7 heteroatoms. The summed E-state index contributed by atoms with van der Waals surface area (Å²) in [4.78, 5) is 34.7. The van der Waals surface area contributed by atoms with E-state index in [0.717, 1.165) is 11.3 Å². The average molecular weight is 313 g/mol. The summed E-state index contributed by atoms with van der Waals surface area (Å²) >= 11 is 0. The molecule has 0 radical (unpaired) electrons. The highest BCUT2D eigenvalue weighted by atomic mass is 16.2. The number of nitrogens with zero attached hydrogens (tertiary/aromatic N) is 4. The van der Waals surface area contributed by atoms with E-state index in [4.69, 9.17) is 0 Å². The molecule has 0 saturated heterocycles. The van der Waals surface area contributed by atoms with E-state index in [1.807, 2.05) is 26.0 Å². The van der Waals surface area contributed by atoms with Crippen molar-refractivity contribution in [2.24, 2.45) is 7.05 Å². The molecule has 7 nitrogen and oxygen atoms in total. The highest BCUT2D eigenvalue weighted by molar-refractivity contribution is 5.88. The summed E-state index contributed by atoms with van der Waals surface area (Å²) in [5.74, 6) is 0.537. The van der Waals surface area contributed by atoms with Gasteiger partial charge >= 0.3 is 6.03 Å². The lowest BCUT2D eigenvalue weighted by atomic mass is 10.1. The number of aryl methyl sites for hydroxylation is 3. The number of amides is 2. The number of nitrogens with one attached hydrogen (secondary N) is 1. The third-order valence-electron chi connectivity index (χ3n) is 3.91. The molecule has 120 valence electrons. The maximum absolute atomic E-state index is 12.4. The number of carbonyl (C=O) groups is 1. The molecule has 0 aliphatic carbocycles. The lowest BCUT2D eigenvalue weighted by Gasteiger charge is -2.27. The summed E-state index contributed by atoms with van der Waals surface area (Å²) in [6.45, 7) is 4.67. The van der Waals surface area contributed by atoms with Gasteiger partial charge in [-0.15, -0.1) is 0 Å². The van der Waals surface area contributed by atoms with Crippen LogP contribution in [-0.4, -0.2) is 32.0 Å². The molecule has 0 spiro atoms. The Bertz CT molecular complexity index is 807. The molecule has 2 aromatic heterocycles. The number of anilines is 1. The molecular weight excluding hydrogens is 294 g/mol. The van der Waals surface area contributed by atoms with Gasteiger partial charge in [0, 0.05) is 24.8 Å². The van der Waals surface area contributed by atoms with Crippen LogP contribution in [-0.2, 0) is 20.0 Å². The van der Waals surface area contributed by atoms with Crippen LogP contribution in [0.5, 0.6) is 0 Å². The summed E-state index contributed by atoms with van der Waals surface area (Å²) < 4.78 is 1.47. The Morgan fingerprint density at radius 3 is 2.83 bits per heavy atom. The molecule has 1 aliphatic heterocycles. The Labute approximate surface area is 134 Å². The van der Waals surface area contributed by atoms with Gasteiger partial charge in [-0.2, -0.15) is 0 Å².